The standard InChI is InChI=1S/C14H28N2/c1-11-8-9-13(15)14(10-11)16(2)12-6-4-3-5-7-12/h11-14H,3-10,15H2,1-2H3. The first-order valence-electron chi connectivity index (χ1n) is 7.16. The molecule has 0 saturated heterocycles. The van der Waals surface area contributed by atoms with Gasteiger partial charge in [0.25, 0.3) is 0 Å². The Kier molecular flexibility index (Phi) is 4.26. The molecule has 2 aliphatic rings. The van der Waals surface area contributed by atoms with Crippen molar-refractivity contribution in [2.24, 2.45) is 11.7 Å². The van der Waals surface area contributed by atoms with Crippen LogP contribution in [0.4, 0.5) is 0 Å². The van der Waals surface area contributed by atoms with Crippen molar-refractivity contribution in [3.05, 3.63) is 0 Å². The minimum Gasteiger partial charge on any atom is -0.326 e. The minimum absolute atomic E-state index is 0.420. The van der Waals surface area contributed by atoms with E-state index in [1.165, 1.54) is 51.4 Å². The fourth-order valence-corrected chi connectivity index (χ4v) is 3.60. The van der Waals surface area contributed by atoms with E-state index < -0.39 is 0 Å². The van der Waals surface area contributed by atoms with E-state index in [0.29, 0.717) is 12.1 Å². The SMILES string of the molecule is CC1CCC(N)C(N(C)C2CCCCC2)C1. The summed E-state index contributed by atoms with van der Waals surface area (Å²) in [6.07, 6.45) is 11.0. The molecule has 3 unspecified atom stereocenters. The molecule has 94 valence electrons. The molecule has 0 heterocycles. The van der Waals surface area contributed by atoms with Crippen LogP contribution < -0.4 is 5.73 Å². The number of likely N-dealkylation sites (N-methyl/N-ethyl adjacent to an activating group) is 1. The Bertz CT molecular complexity index is 211. The monoisotopic (exact) mass is 224 g/mol. The van der Waals surface area contributed by atoms with Gasteiger partial charge in [-0.2, -0.15) is 0 Å². The van der Waals surface area contributed by atoms with Gasteiger partial charge in [0.15, 0.2) is 0 Å². The van der Waals surface area contributed by atoms with Crippen LogP contribution in [0, 0.1) is 5.92 Å². The lowest BCUT2D eigenvalue weighted by molar-refractivity contribution is 0.0819. The first kappa shape index (κ1) is 12.4. The molecule has 0 aliphatic heterocycles. The second kappa shape index (κ2) is 5.50. The Balaban J connectivity index is 1.93. The molecule has 2 fully saturated rings. The van der Waals surface area contributed by atoms with Crippen LogP contribution in [0.1, 0.15) is 58.3 Å². The maximum atomic E-state index is 6.31. The van der Waals surface area contributed by atoms with Crippen molar-refractivity contribution in [2.45, 2.75) is 76.4 Å². The Hall–Kier alpha value is -0.0800. The van der Waals surface area contributed by atoms with E-state index in [2.05, 4.69) is 18.9 Å². The van der Waals surface area contributed by atoms with E-state index in [9.17, 15) is 0 Å². The number of rotatable bonds is 2. The van der Waals surface area contributed by atoms with E-state index in [4.69, 9.17) is 5.73 Å². The highest BCUT2D eigenvalue weighted by molar-refractivity contribution is 4.90. The van der Waals surface area contributed by atoms with Gasteiger partial charge in [-0.25, -0.2) is 0 Å². The van der Waals surface area contributed by atoms with Gasteiger partial charge in [-0.1, -0.05) is 26.2 Å². The molecule has 2 heteroatoms. The van der Waals surface area contributed by atoms with E-state index in [1.54, 1.807) is 0 Å². The fourth-order valence-electron chi connectivity index (χ4n) is 3.60. The number of nitrogens with zero attached hydrogens (tertiary/aromatic N) is 1. The van der Waals surface area contributed by atoms with Crippen molar-refractivity contribution in [3.63, 3.8) is 0 Å². The summed E-state index contributed by atoms with van der Waals surface area (Å²) in [5.41, 5.74) is 6.31. The van der Waals surface area contributed by atoms with Crippen LogP contribution >= 0.6 is 0 Å². The third kappa shape index (κ3) is 2.78. The van der Waals surface area contributed by atoms with Gasteiger partial charge in [-0.15, -0.1) is 0 Å². The zero-order chi connectivity index (χ0) is 11.5. The van der Waals surface area contributed by atoms with E-state index >= 15 is 0 Å². The van der Waals surface area contributed by atoms with Crippen LogP contribution in [0.15, 0.2) is 0 Å². The molecule has 0 aromatic carbocycles. The topological polar surface area (TPSA) is 29.3 Å². The maximum absolute atomic E-state index is 6.31. The van der Waals surface area contributed by atoms with Crippen molar-refractivity contribution >= 4 is 0 Å². The summed E-state index contributed by atoms with van der Waals surface area (Å²) in [7, 11) is 2.32. The molecule has 3 atom stereocenters. The molecule has 2 nitrogen and oxygen atoms in total. The van der Waals surface area contributed by atoms with Gasteiger partial charge >= 0.3 is 0 Å². The molecule has 0 radical (unpaired) electrons. The van der Waals surface area contributed by atoms with E-state index in [0.717, 1.165) is 12.0 Å². The Morgan fingerprint density at radius 3 is 2.38 bits per heavy atom. The summed E-state index contributed by atoms with van der Waals surface area (Å²) in [4.78, 5) is 2.62. The van der Waals surface area contributed by atoms with Crippen molar-refractivity contribution in [2.75, 3.05) is 7.05 Å². The van der Waals surface area contributed by atoms with Gasteiger partial charge in [0.2, 0.25) is 0 Å². The molecule has 0 amide bonds. The molecular weight excluding hydrogens is 196 g/mol. The molecule has 0 aromatic rings. The summed E-state index contributed by atoms with van der Waals surface area (Å²) >= 11 is 0. The van der Waals surface area contributed by atoms with Crippen LogP contribution in [0.3, 0.4) is 0 Å². The summed E-state index contributed by atoms with van der Waals surface area (Å²) in [6, 6.07) is 1.88. The molecule has 2 saturated carbocycles. The average molecular weight is 224 g/mol. The second-order valence-electron chi connectivity index (χ2n) is 6.11. The normalized spacial score (nSPS) is 37.9. The largest absolute Gasteiger partial charge is 0.326 e. The maximum Gasteiger partial charge on any atom is 0.0249 e. The van der Waals surface area contributed by atoms with Gasteiger partial charge in [0.1, 0.15) is 0 Å². The van der Waals surface area contributed by atoms with Crippen molar-refractivity contribution in [3.8, 4) is 0 Å². The third-order valence-electron chi connectivity index (χ3n) is 4.80. The van der Waals surface area contributed by atoms with Crippen molar-refractivity contribution in [1.82, 2.24) is 4.90 Å². The Morgan fingerprint density at radius 1 is 1.00 bits per heavy atom. The van der Waals surface area contributed by atoms with Crippen LogP contribution in [0.25, 0.3) is 0 Å². The van der Waals surface area contributed by atoms with Crippen molar-refractivity contribution < 1.29 is 0 Å². The van der Waals surface area contributed by atoms with Gasteiger partial charge in [0, 0.05) is 18.1 Å². The molecular formula is C14H28N2. The Labute approximate surface area is 101 Å². The summed E-state index contributed by atoms with van der Waals surface area (Å²) in [6.45, 7) is 2.38. The highest BCUT2D eigenvalue weighted by Gasteiger charge is 2.32. The zero-order valence-electron chi connectivity index (χ0n) is 11.0. The average Bonchev–Trinajstić information content (AvgIpc) is 2.32. The lowest BCUT2D eigenvalue weighted by atomic mass is 9.81. The predicted octanol–water partition coefficient (Wildman–Crippen LogP) is 2.77. The van der Waals surface area contributed by atoms with E-state index in [-0.39, 0.29) is 0 Å². The number of nitrogens with two attached hydrogens (primary N) is 1. The third-order valence-corrected chi connectivity index (χ3v) is 4.80. The van der Waals surface area contributed by atoms with Gasteiger partial charge < -0.3 is 5.73 Å². The van der Waals surface area contributed by atoms with Crippen LogP contribution in [-0.2, 0) is 0 Å². The summed E-state index contributed by atoms with van der Waals surface area (Å²) < 4.78 is 0. The zero-order valence-corrected chi connectivity index (χ0v) is 11.0. The first-order valence-corrected chi connectivity index (χ1v) is 7.16. The minimum atomic E-state index is 0.420. The second-order valence-corrected chi connectivity index (χ2v) is 6.11. The van der Waals surface area contributed by atoms with Gasteiger partial charge in [-0.3, -0.25) is 4.90 Å². The molecule has 0 aromatic heterocycles. The molecule has 16 heavy (non-hydrogen) atoms. The van der Waals surface area contributed by atoms with E-state index in [1.807, 2.05) is 0 Å². The predicted molar refractivity (Wildman–Crippen MR) is 69.4 cm³/mol. The molecule has 2 aliphatic carbocycles. The van der Waals surface area contributed by atoms with Crippen LogP contribution in [0.2, 0.25) is 0 Å². The number of hydrogen-bond donors (Lipinski definition) is 1. The number of hydrogen-bond acceptors (Lipinski definition) is 2. The summed E-state index contributed by atoms with van der Waals surface area (Å²) in [5.74, 6) is 0.871. The van der Waals surface area contributed by atoms with Gasteiger partial charge in [0.05, 0.1) is 0 Å². The van der Waals surface area contributed by atoms with Crippen molar-refractivity contribution in [1.29, 1.82) is 0 Å². The molecule has 0 spiro atoms. The van der Waals surface area contributed by atoms with Gasteiger partial charge in [-0.05, 0) is 45.1 Å². The first-order chi connectivity index (χ1) is 7.68. The fraction of sp³-hybridized carbons (Fsp3) is 1.00. The molecule has 0 bridgehead atoms. The Morgan fingerprint density at radius 2 is 1.69 bits per heavy atom. The smallest absolute Gasteiger partial charge is 0.0249 e. The lowest BCUT2D eigenvalue weighted by Crippen LogP contribution is -2.53. The quantitative estimate of drug-likeness (QED) is 0.781. The highest BCUT2D eigenvalue weighted by atomic mass is 15.2. The summed E-state index contributed by atoms with van der Waals surface area (Å²) in [5, 5.41) is 0. The molecule has 2 N–H and O–H groups in total. The van der Waals surface area contributed by atoms with Crippen LogP contribution in [-0.4, -0.2) is 30.1 Å². The lowest BCUT2D eigenvalue weighted by Gasteiger charge is -2.43. The van der Waals surface area contributed by atoms with Crippen LogP contribution in [0.5, 0.6) is 0 Å². The molecule has 2 rings (SSSR count). The highest BCUT2D eigenvalue weighted by Crippen LogP contribution is 2.30.